The van der Waals surface area contributed by atoms with Gasteiger partial charge in [0, 0.05) is 18.2 Å². The van der Waals surface area contributed by atoms with Gasteiger partial charge in [-0.05, 0) is 23.6 Å². The van der Waals surface area contributed by atoms with Gasteiger partial charge in [-0.25, -0.2) is 8.57 Å². The second-order valence-electron chi connectivity index (χ2n) is 3.71. The van der Waals surface area contributed by atoms with Crippen LogP contribution in [0.4, 0.5) is 0 Å². The molecule has 0 aromatic heterocycles. The van der Waals surface area contributed by atoms with Gasteiger partial charge in [-0.15, -0.1) is 0 Å². The van der Waals surface area contributed by atoms with Gasteiger partial charge in [-0.2, -0.15) is 0 Å². The Morgan fingerprint density at radius 2 is 1.71 bits per heavy atom. The molecule has 1 unspecified atom stereocenters. The molecule has 0 bridgehead atoms. The highest BCUT2D eigenvalue weighted by Gasteiger charge is 2.05. The van der Waals surface area contributed by atoms with Crippen molar-refractivity contribution in [3.8, 4) is 0 Å². The summed E-state index contributed by atoms with van der Waals surface area (Å²) in [7, 11) is -0.570. The van der Waals surface area contributed by atoms with Crippen LogP contribution in [0.25, 0.3) is 0 Å². The van der Waals surface area contributed by atoms with E-state index in [9.17, 15) is 4.21 Å². The highest BCUT2D eigenvalue weighted by molar-refractivity contribution is 7.93. The van der Waals surface area contributed by atoms with Crippen LogP contribution in [0.2, 0.25) is 0 Å². The normalized spacial score (nSPS) is 15.2. The van der Waals surface area contributed by atoms with Gasteiger partial charge < -0.3 is 0 Å². The molecular formula is C11H17NOS. The molecule has 78 valence electrons. The van der Waals surface area contributed by atoms with E-state index in [1.807, 2.05) is 24.3 Å². The molecule has 14 heavy (non-hydrogen) atoms. The molecule has 0 aliphatic rings. The van der Waals surface area contributed by atoms with Crippen LogP contribution < -0.4 is 0 Å². The summed E-state index contributed by atoms with van der Waals surface area (Å²) in [6, 6.07) is 7.86. The third kappa shape index (κ3) is 2.35. The van der Waals surface area contributed by atoms with E-state index in [1.165, 1.54) is 5.56 Å². The summed E-state index contributed by atoms with van der Waals surface area (Å²) >= 11 is 0. The Hall–Kier alpha value is -0.830. The Kier molecular flexibility index (Phi) is 3.32. The van der Waals surface area contributed by atoms with E-state index in [2.05, 4.69) is 18.2 Å². The molecule has 2 nitrogen and oxygen atoms in total. The Morgan fingerprint density at radius 3 is 2.07 bits per heavy atom. The van der Waals surface area contributed by atoms with Gasteiger partial charge in [0.2, 0.25) is 0 Å². The summed E-state index contributed by atoms with van der Waals surface area (Å²) in [6.45, 7) is 4.28. The van der Waals surface area contributed by atoms with Crippen molar-refractivity contribution in [2.45, 2.75) is 24.7 Å². The first kappa shape index (κ1) is 11.2. The zero-order chi connectivity index (χ0) is 10.8. The van der Waals surface area contributed by atoms with Crippen molar-refractivity contribution in [2.24, 2.45) is 4.36 Å². The molecule has 0 N–H and O–H groups in total. The first-order valence-electron chi connectivity index (χ1n) is 4.67. The first-order chi connectivity index (χ1) is 6.47. The van der Waals surface area contributed by atoms with E-state index < -0.39 is 9.73 Å². The van der Waals surface area contributed by atoms with Crippen LogP contribution in [-0.2, 0) is 9.73 Å². The van der Waals surface area contributed by atoms with Crippen molar-refractivity contribution in [3.63, 3.8) is 0 Å². The van der Waals surface area contributed by atoms with Gasteiger partial charge in [0.15, 0.2) is 0 Å². The van der Waals surface area contributed by atoms with Crippen LogP contribution in [-0.4, -0.2) is 17.5 Å². The predicted octanol–water partition coefficient (Wildman–Crippen LogP) is 2.90. The highest BCUT2D eigenvalue weighted by Crippen LogP contribution is 2.17. The van der Waals surface area contributed by atoms with Crippen molar-refractivity contribution < 1.29 is 4.21 Å². The molecule has 0 spiro atoms. The van der Waals surface area contributed by atoms with Crippen LogP contribution in [0, 0.1) is 0 Å². The zero-order valence-corrected chi connectivity index (χ0v) is 9.97. The Labute approximate surface area is 86.5 Å². The summed E-state index contributed by atoms with van der Waals surface area (Å²) in [5, 5.41) is 0. The first-order valence-corrected chi connectivity index (χ1v) is 6.60. The van der Waals surface area contributed by atoms with E-state index in [4.69, 9.17) is 0 Å². The van der Waals surface area contributed by atoms with Crippen molar-refractivity contribution in [1.29, 1.82) is 0 Å². The third-order valence-electron chi connectivity index (χ3n) is 2.33. The summed E-state index contributed by atoms with van der Waals surface area (Å²) in [5.74, 6) is 0.510. The van der Waals surface area contributed by atoms with Crippen LogP contribution in [0.5, 0.6) is 0 Å². The fourth-order valence-corrected chi connectivity index (χ4v) is 2.06. The van der Waals surface area contributed by atoms with Crippen LogP contribution >= 0.6 is 0 Å². The van der Waals surface area contributed by atoms with E-state index in [-0.39, 0.29) is 0 Å². The molecule has 1 rings (SSSR count). The quantitative estimate of drug-likeness (QED) is 0.739. The van der Waals surface area contributed by atoms with Gasteiger partial charge in [0.05, 0.1) is 9.73 Å². The summed E-state index contributed by atoms with van der Waals surface area (Å²) in [6.07, 6.45) is 1.66. The molecule has 1 aromatic carbocycles. The maximum Gasteiger partial charge on any atom is 0.0720 e. The Bertz CT molecular complexity index is 411. The maximum absolute atomic E-state index is 11.9. The summed E-state index contributed by atoms with van der Waals surface area (Å²) < 4.78 is 15.8. The number of hydrogen-bond donors (Lipinski definition) is 0. The standard InChI is InChI=1S/C11H17NOS/c1-9(2)10-5-7-11(8-6-10)14(4,13)12-3/h5-9H,1-4H3. The Balaban J connectivity index is 3.13. The fraction of sp³-hybridized carbons (Fsp3) is 0.455. The predicted molar refractivity (Wildman–Crippen MR) is 61.2 cm³/mol. The van der Waals surface area contributed by atoms with E-state index >= 15 is 0 Å². The number of benzene rings is 1. The SMILES string of the molecule is CN=S(C)(=O)c1ccc(C(C)C)cc1. The molecule has 0 fully saturated rings. The summed E-state index contributed by atoms with van der Waals surface area (Å²) in [5.41, 5.74) is 1.26. The van der Waals surface area contributed by atoms with Gasteiger partial charge in [0.25, 0.3) is 0 Å². The largest absolute Gasteiger partial charge is 0.245 e. The number of rotatable bonds is 2. The molecule has 0 aliphatic heterocycles. The van der Waals surface area contributed by atoms with Crippen molar-refractivity contribution in [1.82, 2.24) is 0 Å². The Morgan fingerprint density at radius 1 is 1.21 bits per heavy atom. The van der Waals surface area contributed by atoms with Gasteiger partial charge >= 0.3 is 0 Å². The van der Waals surface area contributed by atoms with Crippen LogP contribution in [0.3, 0.4) is 0 Å². The van der Waals surface area contributed by atoms with Gasteiger partial charge in [-0.1, -0.05) is 26.0 Å². The monoisotopic (exact) mass is 211 g/mol. The minimum atomic E-state index is -2.17. The fourth-order valence-electron chi connectivity index (χ4n) is 1.21. The highest BCUT2D eigenvalue weighted by atomic mass is 32.2. The molecule has 0 radical (unpaired) electrons. The molecule has 1 atom stereocenters. The van der Waals surface area contributed by atoms with Gasteiger partial charge in [0.1, 0.15) is 0 Å². The average molecular weight is 211 g/mol. The molecule has 0 saturated carbocycles. The second kappa shape index (κ2) is 4.13. The molecule has 3 heteroatoms. The van der Waals surface area contributed by atoms with Crippen LogP contribution in [0.1, 0.15) is 25.3 Å². The van der Waals surface area contributed by atoms with Crippen molar-refractivity contribution >= 4 is 9.73 Å². The second-order valence-corrected chi connectivity index (χ2v) is 6.15. The third-order valence-corrected chi connectivity index (χ3v) is 4.18. The minimum absolute atomic E-state index is 0.510. The lowest BCUT2D eigenvalue weighted by molar-refractivity contribution is 0.680. The molecule has 1 aromatic rings. The lowest BCUT2D eigenvalue weighted by atomic mass is 10.0. The molecular weight excluding hydrogens is 194 g/mol. The number of hydrogen-bond acceptors (Lipinski definition) is 2. The lowest BCUT2D eigenvalue weighted by Crippen LogP contribution is -1.97. The lowest BCUT2D eigenvalue weighted by Gasteiger charge is -2.07. The zero-order valence-electron chi connectivity index (χ0n) is 9.15. The molecule has 0 heterocycles. The van der Waals surface area contributed by atoms with E-state index in [0.29, 0.717) is 5.92 Å². The molecule has 0 amide bonds. The van der Waals surface area contributed by atoms with Gasteiger partial charge in [-0.3, -0.25) is 0 Å². The molecule has 0 saturated heterocycles. The summed E-state index contributed by atoms with van der Waals surface area (Å²) in [4.78, 5) is 0.810. The van der Waals surface area contributed by atoms with Crippen LogP contribution in [0.15, 0.2) is 33.5 Å². The maximum atomic E-state index is 11.9. The average Bonchev–Trinajstić information content (AvgIpc) is 2.18. The topological polar surface area (TPSA) is 29.4 Å². The number of nitrogens with zero attached hydrogens (tertiary/aromatic N) is 1. The smallest absolute Gasteiger partial charge is 0.0720 e. The van der Waals surface area contributed by atoms with Crippen molar-refractivity contribution in [3.05, 3.63) is 29.8 Å². The van der Waals surface area contributed by atoms with E-state index in [0.717, 1.165) is 4.90 Å². The van der Waals surface area contributed by atoms with Crippen molar-refractivity contribution in [2.75, 3.05) is 13.3 Å². The minimum Gasteiger partial charge on any atom is -0.245 e. The molecule has 0 aliphatic carbocycles. The van der Waals surface area contributed by atoms with E-state index in [1.54, 1.807) is 13.3 Å².